The molecule has 14 heteroatoms. The highest BCUT2D eigenvalue weighted by molar-refractivity contribution is 7.91. The predicted octanol–water partition coefficient (Wildman–Crippen LogP) is 3.74. The number of H-pyrrole nitrogens is 1. The number of amides is 1. The molecule has 0 radical (unpaired) electrons. The van der Waals surface area contributed by atoms with Crippen LogP contribution in [0.3, 0.4) is 0 Å². The third kappa shape index (κ3) is 5.27. The molecule has 5 aromatic rings. The quantitative estimate of drug-likeness (QED) is 0.281. The number of carbonyl (C=O) groups excluding carboxylic acids is 1. The summed E-state index contributed by atoms with van der Waals surface area (Å²) in [6.45, 7) is -3.14. The molecule has 0 aliphatic carbocycles. The number of fused-ring (bicyclic) bond motifs is 1. The number of hydrogen-bond acceptors (Lipinski definition) is 8. The summed E-state index contributed by atoms with van der Waals surface area (Å²) in [6, 6.07) is 11.1. The molecule has 0 spiro atoms. The summed E-state index contributed by atoms with van der Waals surface area (Å²) in [5.74, 6) is -0.411. The molecular formula is C25H20F2N6O5S. The Morgan fingerprint density at radius 1 is 1.13 bits per heavy atom. The molecule has 11 nitrogen and oxygen atoms in total. The number of benzene rings is 2. The van der Waals surface area contributed by atoms with Gasteiger partial charge in [0.25, 0.3) is 5.91 Å². The fraction of sp³-hybridized carbons (Fsp3) is 0.120. The Kier molecular flexibility index (Phi) is 6.94. The van der Waals surface area contributed by atoms with Gasteiger partial charge in [-0.25, -0.2) is 17.9 Å². The summed E-state index contributed by atoms with van der Waals surface area (Å²) < 4.78 is 64.1. The summed E-state index contributed by atoms with van der Waals surface area (Å²) in [5, 5.41) is 13.4. The van der Waals surface area contributed by atoms with Gasteiger partial charge in [0.2, 0.25) is 9.84 Å². The van der Waals surface area contributed by atoms with E-state index in [2.05, 4.69) is 30.3 Å². The van der Waals surface area contributed by atoms with Crippen molar-refractivity contribution in [2.45, 2.75) is 22.8 Å². The molecule has 2 N–H and O–H groups in total. The monoisotopic (exact) mass is 554 g/mol. The minimum absolute atomic E-state index is 0.0353. The van der Waals surface area contributed by atoms with Crippen molar-refractivity contribution < 1.29 is 31.5 Å². The number of halogens is 2. The van der Waals surface area contributed by atoms with Gasteiger partial charge in [-0.2, -0.15) is 19.0 Å². The van der Waals surface area contributed by atoms with Crippen molar-refractivity contribution in [2.75, 3.05) is 12.4 Å². The molecule has 0 aliphatic rings. The van der Waals surface area contributed by atoms with Crippen LogP contribution in [0.2, 0.25) is 0 Å². The van der Waals surface area contributed by atoms with Crippen LogP contribution >= 0.6 is 0 Å². The highest BCUT2D eigenvalue weighted by atomic mass is 32.2. The molecule has 3 aromatic heterocycles. The summed E-state index contributed by atoms with van der Waals surface area (Å²) in [5.41, 5.74) is 1.23. The molecule has 3 heterocycles. The van der Waals surface area contributed by atoms with E-state index in [4.69, 9.17) is 4.74 Å². The molecule has 0 saturated carbocycles. The Morgan fingerprint density at radius 2 is 1.95 bits per heavy atom. The van der Waals surface area contributed by atoms with E-state index in [1.165, 1.54) is 60.5 Å². The maximum atomic E-state index is 13.3. The molecule has 0 atom stereocenters. The number of anilines is 1. The highest BCUT2D eigenvalue weighted by Crippen LogP contribution is 2.31. The highest BCUT2D eigenvalue weighted by Gasteiger charge is 2.23. The molecule has 200 valence electrons. The number of ether oxygens (including phenoxy) is 2. The maximum Gasteiger partial charge on any atom is 0.387 e. The average molecular weight is 555 g/mol. The molecule has 0 saturated heterocycles. The first-order chi connectivity index (χ1) is 18.8. The normalized spacial score (nSPS) is 11.6. The van der Waals surface area contributed by atoms with Crippen LogP contribution in [0.4, 0.5) is 14.5 Å². The zero-order chi connectivity index (χ0) is 27.6. The lowest BCUT2D eigenvalue weighted by Gasteiger charge is -2.14. The summed E-state index contributed by atoms with van der Waals surface area (Å²) >= 11 is 0. The van der Waals surface area contributed by atoms with Gasteiger partial charge in [0.15, 0.2) is 5.65 Å². The van der Waals surface area contributed by atoms with Gasteiger partial charge in [-0.1, -0.05) is 6.07 Å². The first-order valence-corrected chi connectivity index (χ1v) is 12.8. The first-order valence-electron chi connectivity index (χ1n) is 11.3. The number of methoxy groups -OCH3 is 1. The standard InChI is InChI=1S/C25H20F2N6O5S/c1-37-16-4-2-5-17(12-16)39(35,36)18-6-7-22(38-25(26)27)15(10-18)11-20-21(14-29-32-20)31-24(34)19-13-30-33-9-3-8-28-23(19)33/h2-10,12-14,25H,11H2,1H3,(H,29,32)(H,31,34). The van der Waals surface area contributed by atoms with Crippen LogP contribution < -0.4 is 14.8 Å². The molecule has 0 aliphatic heterocycles. The fourth-order valence-electron chi connectivity index (χ4n) is 3.90. The summed E-state index contributed by atoms with van der Waals surface area (Å²) in [7, 11) is -2.62. The SMILES string of the molecule is COc1cccc(S(=O)(=O)c2ccc(OC(F)F)c(Cc3[nH]ncc3NC(=O)c3cnn4cccnc34)c2)c1. The molecule has 0 fully saturated rings. The molecule has 39 heavy (non-hydrogen) atoms. The fourth-order valence-corrected chi connectivity index (χ4v) is 5.25. The van der Waals surface area contributed by atoms with Gasteiger partial charge >= 0.3 is 6.61 Å². The largest absolute Gasteiger partial charge is 0.497 e. The van der Waals surface area contributed by atoms with Crippen molar-refractivity contribution in [1.82, 2.24) is 24.8 Å². The number of nitrogens with one attached hydrogen (secondary N) is 2. The topological polar surface area (TPSA) is 141 Å². The number of aromatic nitrogens is 5. The minimum atomic E-state index is -4.03. The van der Waals surface area contributed by atoms with E-state index < -0.39 is 22.4 Å². The van der Waals surface area contributed by atoms with Crippen molar-refractivity contribution in [3.8, 4) is 11.5 Å². The van der Waals surface area contributed by atoms with Crippen LogP contribution in [0.1, 0.15) is 21.6 Å². The Morgan fingerprint density at radius 3 is 2.74 bits per heavy atom. The van der Waals surface area contributed by atoms with Gasteiger partial charge in [-0.3, -0.25) is 9.89 Å². The van der Waals surface area contributed by atoms with E-state index in [9.17, 15) is 22.0 Å². The minimum Gasteiger partial charge on any atom is -0.497 e. The van der Waals surface area contributed by atoms with E-state index >= 15 is 0 Å². The molecule has 5 rings (SSSR count). The second kappa shape index (κ2) is 10.5. The van der Waals surface area contributed by atoms with E-state index in [0.717, 1.165) is 6.07 Å². The number of alkyl halides is 2. The van der Waals surface area contributed by atoms with E-state index in [0.29, 0.717) is 17.1 Å². The Bertz CT molecular complexity index is 1770. The van der Waals surface area contributed by atoms with Crippen molar-refractivity contribution in [2.24, 2.45) is 0 Å². The predicted molar refractivity (Wildman–Crippen MR) is 134 cm³/mol. The Labute approximate surface area is 220 Å². The lowest BCUT2D eigenvalue weighted by Crippen LogP contribution is -2.13. The van der Waals surface area contributed by atoms with Crippen LogP contribution in [0.25, 0.3) is 5.65 Å². The van der Waals surface area contributed by atoms with Crippen molar-refractivity contribution >= 4 is 27.1 Å². The average Bonchev–Trinajstić information content (AvgIpc) is 3.56. The smallest absolute Gasteiger partial charge is 0.387 e. The van der Waals surface area contributed by atoms with Gasteiger partial charge in [0.05, 0.1) is 40.7 Å². The molecular weight excluding hydrogens is 534 g/mol. The molecule has 0 bridgehead atoms. The number of sulfone groups is 1. The van der Waals surface area contributed by atoms with Crippen LogP contribution in [-0.2, 0) is 16.3 Å². The molecule has 0 unspecified atom stereocenters. The van der Waals surface area contributed by atoms with Crippen molar-refractivity contribution in [3.05, 3.63) is 90.1 Å². The number of aromatic amines is 1. The van der Waals surface area contributed by atoms with Gasteiger partial charge < -0.3 is 14.8 Å². The van der Waals surface area contributed by atoms with Crippen LogP contribution in [0, 0.1) is 0 Å². The van der Waals surface area contributed by atoms with Gasteiger partial charge in [0, 0.05) is 24.4 Å². The second-order valence-corrected chi connectivity index (χ2v) is 10.1. The number of nitrogens with zero attached hydrogens (tertiary/aromatic N) is 4. The Hall–Kier alpha value is -4.85. The van der Waals surface area contributed by atoms with Gasteiger partial charge in [0.1, 0.15) is 17.1 Å². The number of carbonyl (C=O) groups is 1. The van der Waals surface area contributed by atoms with Crippen LogP contribution in [0.5, 0.6) is 11.5 Å². The van der Waals surface area contributed by atoms with Gasteiger partial charge in [-0.05, 0) is 42.5 Å². The molecule has 1 amide bonds. The lowest BCUT2D eigenvalue weighted by atomic mass is 10.1. The second-order valence-electron chi connectivity index (χ2n) is 8.17. The molecule has 2 aromatic carbocycles. The maximum absolute atomic E-state index is 13.3. The van der Waals surface area contributed by atoms with Crippen LogP contribution in [-0.4, -0.2) is 52.8 Å². The van der Waals surface area contributed by atoms with Gasteiger partial charge in [-0.15, -0.1) is 0 Å². The van der Waals surface area contributed by atoms with E-state index in [1.807, 2.05) is 0 Å². The van der Waals surface area contributed by atoms with Crippen LogP contribution in [0.15, 0.2) is 83.1 Å². The van der Waals surface area contributed by atoms with E-state index in [1.54, 1.807) is 18.3 Å². The number of hydrogen-bond donors (Lipinski definition) is 2. The Balaban J connectivity index is 1.47. The zero-order valence-corrected chi connectivity index (χ0v) is 21.0. The van der Waals surface area contributed by atoms with Crippen molar-refractivity contribution in [1.29, 1.82) is 0 Å². The third-order valence-electron chi connectivity index (χ3n) is 5.77. The zero-order valence-electron chi connectivity index (χ0n) is 20.2. The number of rotatable bonds is 9. The lowest BCUT2D eigenvalue weighted by molar-refractivity contribution is -0.0504. The third-order valence-corrected chi connectivity index (χ3v) is 7.52. The van der Waals surface area contributed by atoms with E-state index in [-0.39, 0.29) is 38.8 Å². The summed E-state index contributed by atoms with van der Waals surface area (Å²) in [4.78, 5) is 16.9. The van der Waals surface area contributed by atoms with Crippen molar-refractivity contribution in [3.63, 3.8) is 0 Å². The summed E-state index contributed by atoms with van der Waals surface area (Å²) in [6.07, 6.45) is 5.75. The first kappa shape index (κ1) is 25.8.